The van der Waals surface area contributed by atoms with Crippen LogP contribution in [0.4, 0.5) is 0 Å². The molecule has 2 atom stereocenters. The monoisotopic (exact) mass is 428 g/mol. The molecular weight excluding hydrogens is 412 g/mol. The molecule has 5 nitrogen and oxygen atoms in total. The van der Waals surface area contributed by atoms with Crippen molar-refractivity contribution in [3.05, 3.63) is 39.8 Å². The third kappa shape index (κ3) is 4.80. The Labute approximate surface area is 170 Å². The molecule has 2 aliphatic heterocycles. The number of carbonyl (C=O) groups excluding carboxylic acids is 2. The van der Waals surface area contributed by atoms with E-state index in [1.54, 1.807) is 30.0 Å². The second-order valence-corrected chi connectivity index (χ2v) is 9.10. The lowest BCUT2D eigenvalue weighted by Gasteiger charge is -2.18. The average molecular weight is 429 g/mol. The van der Waals surface area contributed by atoms with Crippen LogP contribution in [0.2, 0.25) is 5.02 Å². The van der Waals surface area contributed by atoms with E-state index in [2.05, 4.69) is 5.32 Å². The first-order chi connectivity index (χ1) is 12.4. The number of thiocarbonyl (C=S) groups is 1. The van der Waals surface area contributed by atoms with E-state index in [9.17, 15) is 14.7 Å². The molecule has 9 heteroatoms. The van der Waals surface area contributed by atoms with Crippen molar-refractivity contribution in [1.82, 2.24) is 10.2 Å². The summed E-state index contributed by atoms with van der Waals surface area (Å²) in [4.78, 5) is 26.6. The van der Waals surface area contributed by atoms with Crippen LogP contribution in [0.1, 0.15) is 12.0 Å². The molecule has 0 spiro atoms. The first kappa shape index (κ1) is 19.7. The molecular formula is C17H17ClN2O3S3. The van der Waals surface area contributed by atoms with Crippen molar-refractivity contribution in [1.29, 1.82) is 0 Å². The lowest BCUT2D eigenvalue weighted by molar-refractivity contribution is -0.124. The highest BCUT2D eigenvalue weighted by Gasteiger charge is 2.33. The topological polar surface area (TPSA) is 69.6 Å². The normalized spacial score (nSPS) is 24.5. The first-order valence-corrected chi connectivity index (χ1v) is 10.8. The second kappa shape index (κ2) is 8.75. The van der Waals surface area contributed by atoms with Gasteiger partial charge in [-0.2, -0.15) is 11.8 Å². The van der Waals surface area contributed by atoms with Gasteiger partial charge in [-0.05, 0) is 23.8 Å². The Hall–Kier alpha value is -1.06. The van der Waals surface area contributed by atoms with E-state index in [4.69, 9.17) is 23.8 Å². The number of benzene rings is 1. The van der Waals surface area contributed by atoms with Crippen LogP contribution in [-0.2, 0) is 9.59 Å². The van der Waals surface area contributed by atoms with Crippen LogP contribution in [0.3, 0.4) is 0 Å². The lowest BCUT2D eigenvalue weighted by atomic mass is 10.2. The smallest absolute Gasteiger partial charge is 0.266 e. The molecule has 0 aliphatic carbocycles. The Morgan fingerprint density at radius 3 is 2.96 bits per heavy atom. The molecule has 0 unspecified atom stereocenters. The number of aliphatic hydroxyl groups excluding tert-OH is 1. The van der Waals surface area contributed by atoms with E-state index in [-0.39, 0.29) is 30.8 Å². The number of halogens is 1. The summed E-state index contributed by atoms with van der Waals surface area (Å²) in [6.07, 6.45) is 1.38. The van der Waals surface area contributed by atoms with Crippen molar-refractivity contribution in [3.63, 3.8) is 0 Å². The third-order valence-electron chi connectivity index (χ3n) is 3.98. The molecule has 26 heavy (non-hydrogen) atoms. The van der Waals surface area contributed by atoms with Crippen LogP contribution in [0, 0.1) is 0 Å². The number of aliphatic hydroxyl groups is 1. The Balaban J connectivity index is 1.58. The predicted octanol–water partition coefficient (Wildman–Crippen LogP) is 2.52. The highest BCUT2D eigenvalue weighted by molar-refractivity contribution is 8.26. The second-order valence-electron chi connectivity index (χ2n) is 5.92. The number of hydrogen-bond acceptors (Lipinski definition) is 6. The molecule has 2 aliphatic rings. The summed E-state index contributed by atoms with van der Waals surface area (Å²) < 4.78 is 0.438. The van der Waals surface area contributed by atoms with E-state index in [0.717, 1.165) is 5.56 Å². The fraction of sp³-hybridized carbons (Fsp3) is 0.353. The molecule has 2 amide bonds. The van der Waals surface area contributed by atoms with Gasteiger partial charge in [-0.3, -0.25) is 14.5 Å². The van der Waals surface area contributed by atoms with Crippen LogP contribution in [0.15, 0.2) is 29.2 Å². The zero-order chi connectivity index (χ0) is 18.7. The minimum Gasteiger partial charge on any atom is -0.390 e. The highest BCUT2D eigenvalue weighted by Crippen LogP contribution is 2.32. The molecule has 138 valence electrons. The summed E-state index contributed by atoms with van der Waals surface area (Å²) in [7, 11) is 0. The van der Waals surface area contributed by atoms with E-state index in [0.29, 0.717) is 25.8 Å². The van der Waals surface area contributed by atoms with Gasteiger partial charge in [0.05, 0.1) is 17.1 Å². The molecule has 0 saturated carbocycles. The van der Waals surface area contributed by atoms with Gasteiger partial charge >= 0.3 is 0 Å². The van der Waals surface area contributed by atoms with Crippen LogP contribution >= 0.6 is 47.3 Å². The lowest BCUT2D eigenvalue weighted by Crippen LogP contribution is -2.43. The van der Waals surface area contributed by atoms with Crippen molar-refractivity contribution < 1.29 is 14.7 Å². The fourth-order valence-electron chi connectivity index (χ4n) is 2.61. The Kier molecular flexibility index (Phi) is 6.63. The van der Waals surface area contributed by atoms with Crippen LogP contribution in [0.25, 0.3) is 6.08 Å². The van der Waals surface area contributed by atoms with Gasteiger partial charge in [0.1, 0.15) is 4.32 Å². The van der Waals surface area contributed by atoms with E-state index < -0.39 is 6.10 Å². The maximum atomic E-state index is 12.6. The molecule has 0 aromatic heterocycles. The average Bonchev–Trinajstić information content (AvgIpc) is 3.10. The number of thioether (sulfide) groups is 2. The Morgan fingerprint density at radius 2 is 2.27 bits per heavy atom. The van der Waals surface area contributed by atoms with Gasteiger partial charge in [-0.15, -0.1) is 0 Å². The molecule has 2 saturated heterocycles. The maximum Gasteiger partial charge on any atom is 0.266 e. The molecule has 1 aromatic rings. The largest absolute Gasteiger partial charge is 0.390 e. The van der Waals surface area contributed by atoms with Gasteiger partial charge in [0.2, 0.25) is 5.91 Å². The molecule has 0 radical (unpaired) electrons. The van der Waals surface area contributed by atoms with Gasteiger partial charge in [0, 0.05) is 29.5 Å². The third-order valence-corrected chi connectivity index (χ3v) is 6.76. The number of amides is 2. The van der Waals surface area contributed by atoms with Crippen LogP contribution in [0.5, 0.6) is 0 Å². The number of nitrogens with one attached hydrogen (secondary N) is 1. The predicted molar refractivity (Wildman–Crippen MR) is 111 cm³/mol. The molecule has 2 N–H and O–H groups in total. The first-order valence-electron chi connectivity index (χ1n) is 8.00. The summed E-state index contributed by atoms with van der Waals surface area (Å²) in [5.41, 5.74) is 0.823. The minimum absolute atomic E-state index is 0.144. The minimum atomic E-state index is -0.513. The summed E-state index contributed by atoms with van der Waals surface area (Å²) in [5, 5.41) is 13.2. The van der Waals surface area contributed by atoms with Gasteiger partial charge in [-0.25, -0.2) is 0 Å². The zero-order valence-corrected chi connectivity index (χ0v) is 16.9. The summed E-state index contributed by atoms with van der Waals surface area (Å²) in [6.45, 7) is 0.222. The molecule has 3 rings (SSSR count). The zero-order valence-electron chi connectivity index (χ0n) is 13.7. The standard InChI is InChI=1S/C17H17ClN2O3S3/c18-11-3-1-2-10(6-11)7-14-16(23)20(17(24)26-14)5-4-15(22)19-12-8-25-9-13(12)21/h1-3,6-7,12-13,21H,4-5,8-9H2,(H,19,22)/b14-7-/t12-,13-/m0/s1. The molecule has 1 aromatic carbocycles. The van der Waals surface area contributed by atoms with E-state index >= 15 is 0 Å². The van der Waals surface area contributed by atoms with E-state index in [1.165, 1.54) is 16.7 Å². The van der Waals surface area contributed by atoms with Gasteiger partial charge in [0.25, 0.3) is 5.91 Å². The summed E-state index contributed by atoms with van der Waals surface area (Å²) in [5.74, 6) is 0.943. The van der Waals surface area contributed by atoms with Crippen LogP contribution < -0.4 is 5.32 Å². The summed E-state index contributed by atoms with van der Waals surface area (Å²) >= 11 is 14.1. The SMILES string of the molecule is O=C(CCN1C(=O)/C(=C/c2cccc(Cl)c2)SC1=S)N[C@H]1CSC[C@@H]1O. The van der Waals surface area contributed by atoms with Crippen molar-refractivity contribution in [2.24, 2.45) is 0 Å². The van der Waals surface area contributed by atoms with Crippen molar-refractivity contribution >= 4 is 69.6 Å². The van der Waals surface area contributed by atoms with Crippen LogP contribution in [-0.4, -0.2) is 56.3 Å². The van der Waals surface area contributed by atoms with Gasteiger partial charge < -0.3 is 10.4 Å². The number of carbonyl (C=O) groups is 2. The van der Waals surface area contributed by atoms with E-state index in [1.807, 2.05) is 12.1 Å². The van der Waals surface area contributed by atoms with Gasteiger partial charge in [0.15, 0.2) is 0 Å². The Bertz CT molecular complexity index is 771. The Morgan fingerprint density at radius 1 is 1.46 bits per heavy atom. The fourth-order valence-corrected chi connectivity index (χ4v) is 5.29. The molecule has 0 bridgehead atoms. The maximum absolute atomic E-state index is 12.6. The van der Waals surface area contributed by atoms with Crippen molar-refractivity contribution in [2.75, 3.05) is 18.1 Å². The number of nitrogens with zero attached hydrogens (tertiary/aromatic N) is 1. The molecule has 2 fully saturated rings. The van der Waals surface area contributed by atoms with Crippen molar-refractivity contribution in [2.45, 2.75) is 18.6 Å². The number of hydrogen-bond donors (Lipinski definition) is 2. The molecule has 2 heterocycles. The highest BCUT2D eigenvalue weighted by atomic mass is 35.5. The summed E-state index contributed by atoms with van der Waals surface area (Å²) in [6, 6.07) is 6.99. The van der Waals surface area contributed by atoms with Crippen molar-refractivity contribution in [3.8, 4) is 0 Å². The van der Waals surface area contributed by atoms with Gasteiger partial charge in [-0.1, -0.05) is 47.7 Å². The quantitative estimate of drug-likeness (QED) is 0.554. The number of rotatable bonds is 5.